The lowest BCUT2D eigenvalue weighted by molar-refractivity contribution is -0.136. The number of benzene rings is 1. The molecule has 1 aliphatic heterocycles. The summed E-state index contributed by atoms with van der Waals surface area (Å²) in [6.07, 6.45) is -0.117. The van der Waals surface area contributed by atoms with Crippen LogP contribution in [0, 0.1) is 6.92 Å². The molecular formula is C16H19N5O3. The lowest BCUT2D eigenvalue weighted by atomic mass is 10.2. The van der Waals surface area contributed by atoms with Crippen LogP contribution in [0.2, 0.25) is 0 Å². The Labute approximate surface area is 139 Å². The van der Waals surface area contributed by atoms with Crippen molar-refractivity contribution in [2.45, 2.75) is 19.9 Å². The maximum atomic E-state index is 11.7. The number of hydrogen-bond acceptors (Lipinski definition) is 4. The highest BCUT2D eigenvalue weighted by Crippen LogP contribution is 2.32. The minimum Gasteiger partial charge on any atom is -0.481 e. The second-order valence-electron chi connectivity index (χ2n) is 5.63. The van der Waals surface area contributed by atoms with Crippen molar-refractivity contribution in [2.75, 3.05) is 23.3 Å². The summed E-state index contributed by atoms with van der Waals surface area (Å²) in [7, 11) is 0. The summed E-state index contributed by atoms with van der Waals surface area (Å²) in [5.74, 6) is 0.404. The number of carboxylic acids is 1. The van der Waals surface area contributed by atoms with Gasteiger partial charge in [0.1, 0.15) is 5.82 Å². The number of carbonyl (C=O) groups is 2. The van der Waals surface area contributed by atoms with E-state index in [0.717, 1.165) is 24.6 Å². The molecule has 2 heterocycles. The Balaban J connectivity index is 1.66. The van der Waals surface area contributed by atoms with Gasteiger partial charge >= 0.3 is 12.0 Å². The van der Waals surface area contributed by atoms with E-state index in [1.165, 1.54) is 5.56 Å². The fourth-order valence-corrected chi connectivity index (χ4v) is 2.66. The van der Waals surface area contributed by atoms with Gasteiger partial charge in [0.15, 0.2) is 5.82 Å². The zero-order chi connectivity index (χ0) is 17.1. The Morgan fingerprint density at radius 3 is 2.88 bits per heavy atom. The van der Waals surface area contributed by atoms with Gasteiger partial charge in [-0.1, -0.05) is 12.1 Å². The van der Waals surface area contributed by atoms with Gasteiger partial charge in [-0.3, -0.25) is 10.1 Å². The first-order chi connectivity index (χ1) is 11.5. The molecule has 126 valence electrons. The molecule has 8 heteroatoms. The van der Waals surface area contributed by atoms with Crippen LogP contribution in [0.25, 0.3) is 0 Å². The molecule has 3 rings (SSSR count). The van der Waals surface area contributed by atoms with Crippen molar-refractivity contribution in [1.82, 2.24) is 15.1 Å². The average molecular weight is 329 g/mol. The molecule has 2 aromatic rings. The van der Waals surface area contributed by atoms with Crippen LogP contribution in [-0.4, -0.2) is 40.0 Å². The van der Waals surface area contributed by atoms with Crippen molar-refractivity contribution in [3.05, 3.63) is 35.9 Å². The lowest BCUT2D eigenvalue weighted by Crippen LogP contribution is -2.30. The van der Waals surface area contributed by atoms with E-state index in [4.69, 9.17) is 5.11 Å². The van der Waals surface area contributed by atoms with E-state index in [-0.39, 0.29) is 13.0 Å². The molecule has 8 nitrogen and oxygen atoms in total. The zero-order valence-corrected chi connectivity index (χ0v) is 13.3. The van der Waals surface area contributed by atoms with Gasteiger partial charge in [-0.25, -0.2) is 9.48 Å². The number of carboxylic acid groups (broad SMARTS) is 1. The Bertz CT molecular complexity index is 771. The van der Waals surface area contributed by atoms with Gasteiger partial charge in [0.2, 0.25) is 0 Å². The van der Waals surface area contributed by atoms with Crippen LogP contribution in [0.4, 0.5) is 22.1 Å². The average Bonchev–Trinajstić information content (AvgIpc) is 3.06. The lowest BCUT2D eigenvalue weighted by Gasteiger charge is -2.17. The van der Waals surface area contributed by atoms with E-state index in [1.54, 1.807) is 0 Å². The molecule has 2 amide bonds. The highest BCUT2D eigenvalue weighted by molar-refractivity contribution is 5.89. The van der Waals surface area contributed by atoms with Crippen LogP contribution < -0.4 is 15.5 Å². The summed E-state index contributed by atoms with van der Waals surface area (Å²) in [5, 5.41) is 18.0. The highest BCUT2D eigenvalue weighted by Gasteiger charge is 2.23. The number of carbonyl (C=O) groups excluding carboxylic acids is 1. The molecule has 0 bridgehead atoms. The van der Waals surface area contributed by atoms with E-state index in [2.05, 4.69) is 26.7 Å². The molecule has 0 saturated carbocycles. The molecule has 0 unspecified atom stereocenters. The van der Waals surface area contributed by atoms with Gasteiger partial charge < -0.3 is 15.3 Å². The smallest absolute Gasteiger partial charge is 0.320 e. The minimum atomic E-state index is -0.954. The molecule has 0 aliphatic carbocycles. The summed E-state index contributed by atoms with van der Waals surface area (Å²) >= 11 is 0. The number of urea groups is 1. The van der Waals surface area contributed by atoms with Crippen LogP contribution in [0.15, 0.2) is 30.3 Å². The van der Waals surface area contributed by atoms with E-state index < -0.39 is 12.0 Å². The number of fused-ring (bicyclic) bond motifs is 1. The maximum absolute atomic E-state index is 11.7. The van der Waals surface area contributed by atoms with Gasteiger partial charge in [0.25, 0.3) is 0 Å². The summed E-state index contributed by atoms with van der Waals surface area (Å²) in [6, 6.07) is 9.56. The Hall–Kier alpha value is -3.03. The number of aliphatic carboxylic acids is 1. The number of rotatable bonds is 5. The van der Waals surface area contributed by atoms with Crippen molar-refractivity contribution in [1.29, 1.82) is 0 Å². The van der Waals surface area contributed by atoms with Gasteiger partial charge in [0.05, 0.1) is 13.0 Å². The zero-order valence-electron chi connectivity index (χ0n) is 13.3. The third kappa shape index (κ3) is 3.48. The van der Waals surface area contributed by atoms with Crippen molar-refractivity contribution in [3.63, 3.8) is 0 Å². The SMILES string of the molecule is Cc1cccc(N2CCn3nc(NC(=O)NCCC(=O)O)cc32)c1. The van der Waals surface area contributed by atoms with Gasteiger partial charge in [-0.05, 0) is 24.6 Å². The molecular weight excluding hydrogens is 310 g/mol. The topological polar surface area (TPSA) is 99.5 Å². The first kappa shape index (κ1) is 15.9. The number of nitrogens with zero attached hydrogens (tertiary/aromatic N) is 3. The van der Waals surface area contributed by atoms with Crippen molar-refractivity contribution >= 4 is 29.3 Å². The van der Waals surface area contributed by atoms with Crippen molar-refractivity contribution in [3.8, 4) is 0 Å². The number of aromatic nitrogens is 2. The molecule has 24 heavy (non-hydrogen) atoms. The second-order valence-corrected chi connectivity index (χ2v) is 5.63. The third-order valence-corrected chi connectivity index (χ3v) is 3.75. The normalized spacial score (nSPS) is 12.8. The second kappa shape index (κ2) is 6.61. The summed E-state index contributed by atoms with van der Waals surface area (Å²) in [4.78, 5) is 24.3. The van der Waals surface area contributed by atoms with Crippen LogP contribution in [0.5, 0.6) is 0 Å². The number of nitrogens with one attached hydrogen (secondary N) is 2. The Morgan fingerprint density at radius 2 is 2.12 bits per heavy atom. The molecule has 3 N–H and O–H groups in total. The largest absolute Gasteiger partial charge is 0.481 e. The minimum absolute atomic E-state index is 0.0736. The molecule has 0 atom stereocenters. The van der Waals surface area contributed by atoms with E-state index in [1.807, 2.05) is 35.9 Å². The van der Waals surface area contributed by atoms with Crippen molar-refractivity contribution in [2.24, 2.45) is 0 Å². The van der Waals surface area contributed by atoms with Crippen LogP contribution in [-0.2, 0) is 11.3 Å². The number of anilines is 3. The van der Waals surface area contributed by atoms with Crippen molar-refractivity contribution < 1.29 is 14.7 Å². The maximum Gasteiger partial charge on any atom is 0.320 e. The van der Waals surface area contributed by atoms with E-state index in [0.29, 0.717) is 5.82 Å². The Morgan fingerprint density at radius 1 is 1.29 bits per heavy atom. The highest BCUT2D eigenvalue weighted by atomic mass is 16.4. The van der Waals surface area contributed by atoms with Crippen LogP contribution >= 0.6 is 0 Å². The van der Waals surface area contributed by atoms with Gasteiger partial charge in [-0.15, -0.1) is 0 Å². The standard InChI is InChI=1S/C16H19N5O3/c1-11-3-2-4-12(9-11)20-7-8-21-14(20)10-13(19-21)18-16(24)17-6-5-15(22)23/h2-4,9-10H,5-8H2,1H3,(H,22,23)(H2,17,18,19,24). The molecule has 0 saturated heterocycles. The number of hydrogen-bond donors (Lipinski definition) is 3. The predicted molar refractivity (Wildman–Crippen MR) is 89.7 cm³/mol. The van der Waals surface area contributed by atoms with Crippen LogP contribution in [0.1, 0.15) is 12.0 Å². The van der Waals surface area contributed by atoms with E-state index in [9.17, 15) is 9.59 Å². The molecule has 1 aromatic heterocycles. The van der Waals surface area contributed by atoms with Gasteiger partial charge in [0, 0.05) is 24.8 Å². The molecule has 0 radical (unpaired) electrons. The number of aryl methyl sites for hydroxylation is 1. The Kier molecular flexibility index (Phi) is 4.37. The molecule has 0 spiro atoms. The first-order valence-electron chi connectivity index (χ1n) is 7.71. The first-order valence-corrected chi connectivity index (χ1v) is 7.71. The third-order valence-electron chi connectivity index (χ3n) is 3.75. The quantitative estimate of drug-likeness (QED) is 0.778. The molecule has 1 aromatic carbocycles. The van der Waals surface area contributed by atoms with Gasteiger partial charge in [-0.2, -0.15) is 5.10 Å². The summed E-state index contributed by atoms with van der Waals surface area (Å²) in [6.45, 7) is 3.69. The number of amides is 2. The molecule has 0 fully saturated rings. The molecule has 1 aliphatic rings. The summed E-state index contributed by atoms with van der Waals surface area (Å²) in [5.41, 5.74) is 2.27. The fraction of sp³-hybridized carbons (Fsp3) is 0.312. The predicted octanol–water partition coefficient (Wildman–Crippen LogP) is 1.94. The fourth-order valence-electron chi connectivity index (χ4n) is 2.66. The van der Waals surface area contributed by atoms with E-state index >= 15 is 0 Å². The summed E-state index contributed by atoms with van der Waals surface area (Å²) < 4.78 is 1.84. The monoisotopic (exact) mass is 329 g/mol. The van der Waals surface area contributed by atoms with Crippen LogP contribution in [0.3, 0.4) is 0 Å².